The molecule has 0 aliphatic carbocycles. The van der Waals surface area contributed by atoms with Gasteiger partial charge in [-0.3, -0.25) is 19.1 Å². The molecule has 1 N–H and O–H groups in total. The topological polar surface area (TPSA) is 127 Å². The minimum absolute atomic E-state index is 0.104. The van der Waals surface area contributed by atoms with Crippen LogP contribution in [-0.4, -0.2) is 47.1 Å². The SMILES string of the molecule is C#CCOc1ccc(C(=O)c2ccc(N3C(=O)c4c(C(=O)Nc5ccc(OC)c(C#N)c5)cnn4CC3C)cc2)cc1. The highest BCUT2D eigenvalue weighted by molar-refractivity contribution is 6.16. The monoisotopic (exact) mass is 559 g/mol. The molecule has 10 nitrogen and oxygen atoms in total. The van der Waals surface area contributed by atoms with Crippen molar-refractivity contribution in [1.82, 2.24) is 9.78 Å². The number of methoxy groups -OCH3 is 1. The summed E-state index contributed by atoms with van der Waals surface area (Å²) in [6.07, 6.45) is 6.57. The zero-order chi connectivity index (χ0) is 29.8. The number of amides is 2. The number of rotatable bonds is 8. The van der Waals surface area contributed by atoms with Gasteiger partial charge in [-0.2, -0.15) is 10.4 Å². The van der Waals surface area contributed by atoms with Crippen LogP contribution in [0.5, 0.6) is 11.5 Å². The maximum Gasteiger partial charge on any atom is 0.277 e. The lowest BCUT2D eigenvalue weighted by Gasteiger charge is -2.34. The normalized spacial score (nSPS) is 13.9. The second-order valence-corrected chi connectivity index (χ2v) is 9.49. The molecular weight excluding hydrogens is 534 g/mol. The highest BCUT2D eigenvalue weighted by Gasteiger charge is 2.36. The predicted octanol–water partition coefficient (Wildman–Crippen LogP) is 4.31. The van der Waals surface area contributed by atoms with E-state index in [9.17, 15) is 19.6 Å². The number of ether oxygens (including phenoxy) is 2. The Bertz CT molecular complexity index is 1760. The first-order valence-corrected chi connectivity index (χ1v) is 12.9. The Kier molecular flexibility index (Phi) is 7.72. The lowest BCUT2D eigenvalue weighted by molar-refractivity contribution is 0.0933. The highest BCUT2D eigenvalue weighted by atomic mass is 16.5. The van der Waals surface area contributed by atoms with Crippen molar-refractivity contribution < 1.29 is 23.9 Å². The largest absolute Gasteiger partial charge is 0.495 e. The minimum atomic E-state index is -0.537. The van der Waals surface area contributed by atoms with Gasteiger partial charge in [0.25, 0.3) is 11.8 Å². The quantitative estimate of drug-likeness (QED) is 0.252. The van der Waals surface area contributed by atoms with Gasteiger partial charge in [-0.15, -0.1) is 6.42 Å². The number of nitrogens with zero attached hydrogens (tertiary/aromatic N) is 4. The Morgan fingerprint density at radius 2 is 1.79 bits per heavy atom. The molecule has 0 saturated carbocycles. The van der Waals surface area contributed by atoms with Crippen LogP contribution in [0.25, 0.3) is 0 Å². The Hall–Kier alpha value is -5.87. The van der Waals surface area contributed by atoms with E-state index in [1.165, 1.54) is 24.1 Å². The summed E-state index contributed by atoms with van der Waals surface area (Å²) in [5, 5.41) is 16.4. The fraction of sp³-hybridized carbons (Fsp3) is 0.156. The van der Waals surface area contributed by atoms with E-state index in [0.29, 0.717) is 40.5 Å². The molecule has 1 aliphatic rings. The summed E-state index contributed by atoms with van der Waals surface area (Å²) < 4.78 is 12.0. The fourth-order valence-corrected chi connectivity index (χ4v) is 4.77. The van der Waals surface area contributed by atoms with Crippen molar-refractivity contribution in [3.8, 4) is 29.9 Å². The van der Waals surface area contributed by atoms with Crippen molar-refractivity contribution in [3.05, 3.63) is 101 Å². The summed E-state index contributed by atoms with van der Waals surface area (Å²) in [6.45, 7) is 2.39. The Morgan fingerprint density at radius 3 is 2.43 bits per heavy atom. The van der Waals surface area contributed by atoms with Gasteiger partial charge in [-0.05, 0) is 73.7 Å². The molecular formula is C32H25N5O5. The third-order valence-corrected chi connectivity index (χ3v) is 6.81. The van der Waals surface area contributed by atoms with Crippen molar-refractivity contribution >= 4 is 29.0 Å². The van der Waals surface area contributed by atoms with Crippen molar-refractivity contribution in [1.29, 1.82) is 5.26 Å². The number of carbonyl (C=O) groups is 3. The number of carbonyl (C=O) groups excluding carboxylic acids is 3. The first kappa shape index (κ1) is 27.7. The fourth-order valence-electron chi connectivity index (χ4n) is 4.77. The molecule has 1 aliphatic heterocycles. The summed E-state index contributed by atoms with van der Waals surface area (Å²) in [5.74, 6) is 2.23. The first-order chi connectivity index (χ1) is 20.3. The lowest BCUT2D eigenvalue weighted by atomic mass is 10.0. The molecule has 2 amide bonds. The van der Waals surface area contributed by atoms with Crippen molar-refractivity contribution in [3.63, 3.8) is 0 Å². The van der Waals surface area contributed by atoms with Crippen LogP contribution in [0.1, 0.15) is 49.3 Å². The molecule has 1 unspecified atom stereocenters. The van der Waals surface area contributed by atoms with E-state index in [1.807, 2.05) is 13.0 Å². The Balaban J connectivity index is 1.35. The van der Waals surface area contributed by atoms with Gasteiger partial charge in [0.15, 0.2) is 5.78 Å². The van der Waals surface area contributed by atoms with Gasteiger partial charge >= 0.3 is 0 Å². The standard InChI is InChI=1S/C32H25N5O5/c1-4-15-42-26-12-7-22(8-13-26)30(38)21-5-10-25(11-6-21)37-20(2)19-36-29(32(37)40)27(18-34-36)31(39)35-24-9-14-28(41-3)23(16-24)17-33/h1,5-14,16,18,20H,15,19H2,2-3H3,(H,35,39). The van der Waals surface area contributed by atoms with Gasteiger partial charge in [0, 0.05) is 22.5 Å². The van der Waals surface area contributed by atoms with Crippen LogP contribution in [0.2, 0.25) is 0 Å². The molecule has 10 heteroatoms. The average molecular weight is 560 g/mol. The molecule has 3 aromatic carbocycles. The van der Waals surface area contributed by atoms with Crippen LogP contribution < -0.4 is 19.7 Å². The molecule has 0 bridgehead atoms. The van der Waals surface area contributed by atoms with Crippen LogP contribution in [0.15, 0.2) is 72.9 Å². The molecule has 0 fully saturated rings. The molecule has 2 heterocycles. The maximum atomic E-state index is 13.7. The maximum absolute atomic E-state index is 13.7. The van der Waals surface area contributed by atoms with E-state index < -0.39 is 11.8 Å². The summed E-state index contributed by atoms with van der Waals surface area (Å²) in [4.78, 5) is 41.5. The summed E-state index contributed by atoms with van der Waals surface area (Å²) in [7, 11) is 1.45. The zero-order valence-corrected chi connectivity index (χ0v) is 22.8. The number of benzene rings is 3. The first-order valence-electron chi connectivity index (χ1n) is 12.9. The van der Waals surface area contributed by atoms with Gasteiger partial charge in [-0.1, -0.05) is 5.92 Å². The third kappa shape index (κ3) is 5.29. The van der Waals surface area contributed by atoms with Crippen LogP contribution in [0.4, 0.5) is 11.4 Å². The second kappa shape index (κ2) is 11.7. The molecule has 4 aromatic rings. The molecule has 5 rings (SSSR count). The molecule has 0 spiro atoms. The van der Waals surface area contributed by atoms with Gasteiger partial charge in [0.05, 0.1) is 37.0 Å². The van der Waals surface area contributed by atoms with Crippen LogP contribution >= 0.6 is 0 Å². The van der Waals surface area contributed by atoms with E-state index >= 15 is 0 Å². The van der Waals surface area contributed by atoms with Gasteiger partial charge in [0.2, 0.25) is 0 Å². The predicted molar refractivity (Wildman–Crippen MR) is 155 cm³/mol. The van der Waals surface area contributed by atoms with E-state index in [2.05, 4.69) is 16.3 Å². The Morgan fingerprint density at radius 1 is 1.10 bits per heavy atom. The molecule has 1 atom stereocenters. The minimum Gasteiger partial charge on any atom is -0.495 e. The highest BCUT2D eigenvalue weighted by Crippen LogP contribution is 2.29. The number of terminal acetylenes is 1. The summed E-state index contributed by atoms with van der Waals surface area (Å²) >= 11 is 0. The van der Waals surface area contributed by atoms with Gasteiger partial charge in [-0.25, -0.2) is 0 Å². The van der Waals surface area contributed by atoms with Crippen LogP contribution in [0, 0.1) is 23.7 Å². The lowest BCUT2D eigenvalue weighted by Crippen LogP contribution is -2.47. The molecule has 0 saturated heterocycles. The molecule has 208 valence electrons. The molecule has 1 aromatic heterocycles. The van der Waals surface area contributed by atoms with E-state index in [-0.39, 0.29) is 35.3 Å². The van der Waals surface area contributed by atoms with E-state index in [1.54, 1.807) is 65.6 Å². The smallest absolute Gasteiger partial charge is 0.277 e. The van der Waals surface area contributed by atoms with Gasteiger partial charge in [0.1, 0.15) is 29.9 Å². The molecule has 0 radical (unpaired) electrons. The third-order valence-electron chi connectivity index (χ3n) is 6.81. The number of hydrogen-bond acceptors (Lipinski definition) is 7. The van der Waals surface area contributed by atoms with E-state index in [4.69, 9.17) is 15.9 Å². The second-order valence-electron chi connectivity index (χ2n) is 9.49. The number of nitriles is 1. The van der Waals surface area contributed by atoms with Crippen LogP contribution in [-0.2, 0) is 6.54 Å². The number of nitrogens with one attached hydrogen (secondary N) is 1. The number of ketones is 1. The number of aromatic nitrogens is 2. The number of hydrogen-bond donors (Lipinski definition) is 1. The van der Waals surface area contributed by atoms with Gasteiger partial charge < -0.3 is 19.7 Å². The van der Waals surface area contributed by atoms with Crippen LogP contribution in [0.3, 0.4) is 0 Å². The average Bonchev–Trinajstić information content (AvgIpc) is 3.44. The number of fused-ring (bicyclic) bond motifs is 1. The zero-order valence-electron chi connectivity index (χ0n) is 22.8. The Labute approximate surface area is 242 Å². The van der Waals surface area contributed by atoms with Crippen molar-refractivity contribution in [2.75, 3.05) is 23.9 Å². The van der Waals surface area contributed by atoms with Crippen molar-refractivity contribution in [2.24, 2.45) is 0 Å². The van der Waals surface area contributed by atoms with E-state index in [0.717, 1.165) is 0 Å². The number of anilines is 2. The molecule has 42 heavy (non-hydrogen) atoms. The summed E-state index contributed by atoms with van der Waals surface area (Å²) in [6, 6.07) is 19.9. The van der Waals surface area contributed by atoms with Crippen molar-refractivity contribution in [2.45, 2.75) is 19.5 Å². The summed E-state index contributed by atoms with van der Waals surface area (Å²) in [5.41, 5.74) is 2.40.